The quantitative estimate of drug-likeness (QED) is 0.336. The minimum Gasteiger partial charge on any atom is -0.497 e. The van der Waals surface area contributed by atoms with Gasteiger partial charge < -0.3 is 20.1 Å². The summed E-state index contributed by atoms with van der Waals surface area (Å²) in [5, 5.41) is 6.57. The maximum atomic E-state index is 5.92. The Morgan fingerprint density at radius 3 is 2.73 bits per heavy atom. The molecule has 2 aromatic rings. The number of rotatable bonds is 8. The van der Waals surface area contributed by atoms with Gasteiger partial charge in [0.15, 0.2) is 5.96 Å². The zero-order valence-corrected chi connectivity index (χ0v) is 18.8. The van der Waals surface area contributed by atoms with Crippen LogP contribution in [0.3, 0.4) is 0 Å². The van der Waals surface area contributed by atoms with Gasteiger partial charge in [-0.25, -0.2) is 9.98 Å². The van der Waals surface area contributed by atoms with E-state index >= 15 is 0 Å². The van der Waals surface area contributed by atoms with Crippen molar-refractivity contribution in [2.45, 2.75) is 33.4 Å². The third-order valence-electron chi connectivity index (χ3n) is 3.51. The van der Waals surface area contributed by atoms with Gasteiger partial charge in [-0.3, -0.25) is 0 Å². The van der Waals surface area contributed by atoms with Crippen LogP contribution in [0.15, 0.2) is 34.8 Å². The van der Waals surface area contributed by atoms with Crippen LogP contribution in [0.5, 0.6) is 11.5 Å². The number of nitrogens with zero attached hydrogens (tertiary/aromatic N) is 2. The molecule has 1 heterocycles. The summed E-state index contributed by atoms with van der Waals surface area (Å²) in [6.45, 7) is 8.14. The Morgan fingerprint density at radius 1 is 1.31 bits per heavy atom. The molecule has 0 aliphatic heterocycles. The molecule has 0 saturated carbocycles. The second-order valence-electron chi connectivity index (χ2n) is 5.54. The summed E-state index contributed by atoms with van der Waals surface area (Å²) in [6, 6.07) is 7.61. The Labute approximate surface area is 176 Å². The molecule has 0 amide bonds. The van der Waals surface area contributed by atoms with Crippen LogP contribution in [0.1, 0.15) is 24.4 Å². The maximum absolute atomic E-state index is 5.92. The average molecular weight is 490 g/mol. The molecule has 1 aromatic carbocycles. The molecule has 0 spiro atoms. The van der Waals surface area contributed by atoms with E-state index in [-0.39, 0.29) is 30.1 Å². The van der Waals surface area contributed by atoms with E-state index in [0.717, 1.165) is 29.7 Å². The number of aromatic nitrogens is 1. The van der Waals surface area contributed by atoms with Crippen molar-refractivity contribution in [2.24, 2.45) is 4.99 Å². The zero-order chi connectivity index (χ0) is 18.1. The van der Waals surface area contributed by atoms with Gasteiger partial charge in [0.05, 0.1) is 31.4 Å². The Hall–Kier alpha value is -1.55. The highest BCUT2D eigenvalue weighted by Gasteiger charge is 2.07. The monoisotopic (exact) mass is 490 g/mol. The summed E-state index contributed by atoms with van der Waals surface area (Å²) < 4.78 is 11.1. The zero-order valence-electron chi connectivity index (χ0n) is 15.6. The number of benzene rings is 1. The van der Waals surface area contributed by atoms with Crippen LogP contribution < -0.4 is 20.1 Å². The maximum Gasteiger partial charge on any atom is 0.191 e. The van der Waals surface area contributed by atoms with E-state index in [1.165, 1.54) is 4.88 Å². The number of thiazole rings is 1. The summed E-state index contributed by atoms with van der Waals surface area (Å²) in [7, 11) is 1.65. The summed E-state index contributed by atoms with van der Waals surface area (Å²) >= 11 is 1.63. The Morgan fingerprint density at radius 2 is 2.08 bits per heavy atom. The number of aryl methyl sites for hydroxylation is 1. The molecule has 0 bridgehead atoms. The summed E-state index contributed by atoms with van der Waals surface area (Å²) in [5.74, 6) is 2.35. The van der Waals surface area contributed by atoms with Gasteiger partial charge in [0, 0.05) is 17.5 Å². The molecule has 0 fully saturated rings. The predicted molar refractivity (Wildman–Crippen MR) is 118 cm³/mol. The van der Waals surface area contributed by atoms with E-state index in [1.807, 2.05) is 50.5 Å². The molecular formula is C18H27IN4O2S. The highest BCUT2D eigenvalue weighted by molar-refractivity contribution is 14.0. The summed E-state index contributed by atoms with van der Waals surface area (Å²) in [6.07, 6.45) is -0.0129. The van der Waals surface area contributed by atoms with Crippen LogP contribution in [-0.2, 0) is 6.54 Å². The van der Waals surface area contributed by atoms with Gasteiger partial charge in [0.1, 0.15) is 17.6 Å². The first-order chi connectivity index (χ1) is 12.1. The van der Waals surface area contributed by atoms with Gasteiger partial charge in [-0.1, -0.05) is 6.07 Å². The Kier molecular flexibility index (Phi) is 10.3. The molecule has 0 aliphatic rings. The van der Waals surface area contributed by atoms with Gasteiger partial charge in [-0.2, -0.15) is 0 Å². The lowest BCUT2D eigenvalue weighted by Crippen LogP contribution is -2.41. The van der Waals surface area contributed by atoms with E-state index in [0.29, 0.717) is 13.1 Å². The lowest BCUT2D eigenvalue weighted by molar-refractivity contribution is 0.223. The fourth-order valence-corrected chi connectivity index (χ4v) is 2.86. The number of guanidine groups is 1. The van der Waals surface area contributed by atoms with Crippen LogP contribution in [0.2, 0.25) is 0 Å². The van der Waals surface area contributed by atoms with Crippen molar-refractivity contribution in [3.05, 3.63) is 40.3 Å². The van der Waals surface area contributed by atoms with E-state index in [9.17, 15) is 0 Å². The van der Waals surface area contributed by atoms with Crippen molar-refractivity contribution in [2.75, 3.05) is 20.2 Å². The number of halogens is 1. The van der Waals surface area contributed by atoms with Gasteiger partial charge >= 0.3 is 0 Å². The number of aliphatic imine (C=N–C) groups is 1. The fraction of sp³-hybridized carbons (Fsp3) is 0.444. The first-order valence-electron chi connectivity index (χ1n) is 8.34. The fourth-order valence-electron chi connectivity index (χ4n) is 2.16. The van der Waals surface area contributed by atoms with Crippen molar-refractivity contribution in [3.63, 3.8) is 0 Å². The third kappa shape index (κ3) is 7.36. The van der Waals surface area contributed by atoms with Gasteiger partial charge in [0.25, 0.3) is 0 Å². The molecular weight excluding hydrogens is 463 g/mol. The topological polar surface area (TPSA) is 67.8 Å². The minimum absolute atomic E-state index is 0. The normalized spacial score (nSPS) is 12.1. The average Bonchev–Trinajstić information content (AvgIpc) is 3.02. The van der Waals surface area contributed by atoms with E-state index < -0.39 is 0 Å². The van der Waals surface area contributed by atoms with Crippen molar-refractivity contribution in [1.29, 1.82) is 0 Å². The van der Waals surface area contributed by atoms with Crippen LogP contribution in [0, 0.1) is 6.92 Å². The molecule has 0 radical (unpaired) electrons. The number of methoxy groups -OCH3 is 1. The molecule has 0 aliphatic carbocycles. The van der Waals surface area contributed by atoms with E-state index in [2.05, 4.69) is 20.6 Å². The lowest BCUT2D eigenvalue weighted by Gasteiger charge is -2.18. The Balaban J connectivity index is 0.00000338. The van der Waals surface area contributed by atoms with E-state index in [4.69, 9.17) is 9.47 Å². The van der Waals surface area contributed by atoms with Crippen molar-refractivity contribution < 1.29 is 9.47 Å². The third-order valence-corrected chi connectivity index (χ3v) is 4.43. The molecule has 6 nitrogen and oxygen atoms in total. The van der Waals surface area contributed by atoms with Crippen molar-refractivity contribution in [1.82, 2.24) is 15.6 Å². The molecule has 2 rings (SSSR count). The second-order valence-corrected chi connectivity index (χ2v) is 6.48. The lowest BCUT2D eigenvalue weighted by atomic mass is 10.3. The standard InChI is InChI=1S/C18H26N4O2S.HI/c1-5-19-18(21-11-17-14(3)22-12-25-17)20-10-13(2)24-16-8-6-7-15(9-16)23-4;/h6-9,12-13H,5,10-11H2,1-4H3,(H2,19,20,21);1H. The molecule has 8 heteroatoms. The largest absolute Gasteiger partial charge is 0.497 e. The number of hydrogen-bond donors (Lipinski definition) is 2. The molecule has 2 N–H and O–H groups in total. The predicted octanol–water partition coefficient (Wildman–Crippen LogP) is 3.60. The first kappa shape index (κ1) is 22.5. The molecule has 0 saturated heterocycles. The number of hydrogen-bond acceptors (Lipinski definition) is 5. The molecule has 1 aromatic heterocycles. The van der Waals surface area contributed by atoms with Gasteiger partial charge in [-0.15, -0.1) is 35.3 Å². The SMILES string of the molecule is CCNC(=NCc1scnc1C)NCC(C)Oc1cccc(OC)c1.I. The van der Waals surface area contributed by atoms with Crippen LogP contribution in [-0.4, -0.2) is 37.2 Å². The van der Waals surface area contributed by atoms with Gasteiger partial charge in [-0.05, 0) is 32.9 Å². The first-order valence-corrected chi connectivity index (χ1v) is 9.22. The van der Waals surface area contributed by atoms with Crippen molar-refractivity contribution in [3.8, 4) is 11.5 Å². The molecule has 26 heavy (non-hydrogen) atoms. The molecule has 144 valence electrons. The Bertz CT molecular complexity index is 693. The van der Waals surface area contributed by atoms with Crippen LogP contribution in [0.4, 0.5) is 0 Å². The summed E-state index contributed by atoms with van der Waals surface area (Å²) in [5.41, 5.74) is 2.89. The smallest absolute Gasteiger partial charge is 0.191 e. The number of ether oxygens (including phenoxy) is 2. The van der Waals surface area contributed by atoms with E-state index in [1.54, 1.807) is 18.4 Å². The second kappa shape index (κ2) is 11.9. The highest BCUT2D eigenvalue weighted by atomic mass is 127. The minimum atomic E-state index is -0.0129. The molecule has 1 atom stereocenters. The van der Waals surface area contributed by atoms with Gasteiger partial charge in [0.2, 0.25) is 0 Å². The van der Waals surface area contributed by atoms with Crippen molar-refractivity contribution >= 4 is 41.3 Å². The highest BCUT2D eigenvalue weighted by Crippen LogP contribution is 2.19. The van der Waals surface area contributed by atoms with Crippen LogP contribution >= 0.6 is 35.3 Å². The van der Waals surface area contributed by atoms with Crippen LogP contribution in [0.25, 0.3) is 0 Å². The summed E-state index contributed by atoms with van der Waals surface area (Å²) in [4.78, 5) is 10.0. The molecule has 1 unspecified atom stereocenters. The number of nitrogens with one attached hydrogen (secondary N) is 2.